The van der Waals surface area contributed by atoms with Gasteiger partial charge in [0.25, 0.3) is 0 Å². The van der Waals surface area contributed by atoms with E-state index >= 15 is 0 Å². The molecule has 0 saturated heterocycles. The molecule has 16 heavy (non-hydrogen) atoms. The maximum Gasteiger partial charge on any atom is 0.0482 e. The Morgan fingerprint density at radius 1 is 1.38 bits per heavy atom. The molecule has 0 heterocycles. The van der Waals surface area contributed by atoms with Crippen molar-refractivity contribution in [1.82, 2.24) is 5.32 Å². The second-order valence-corrected chi connectivity index (χ2v) is 5.67. The van der Waals surface area contributed by atoms with E-state index in [1.807, 2.05) is 6.08 Å². The van der Waals surface area contributed by atoms with Crippen LogP contribution in [0, 0.1) is 11.3 Å². The van der Waals surface area contributed by atoms with Crippen LogP contribution < -0.4 is 5.32 Å². The molecular formula is C14H29NO. The summed E-state index contributed by atoms with van der Waals surface area (Å²) in [5.74, 6) is 0.642. The summed E-state index contributed by atoms with van der Waals surface area (Å²) in [6, 6.07) is 0.537. The van der Waals surface area contributed by atoms with Crippen molar-refractivity contribution < 1.29 is 5.11 Å². The van der Waals surface area contributed by atoms with Crippen molar-refractivity contribution >= 4 is 0 Å². The SMILES string of the molecule is C=CCC(C)C(C)NCCCC(C)(C)CO. The summed E-state index contributed by atoms with van der Waals surface area (Å²) in [6.45, 7) is 13.8. The highest BCUT2D eigenvalue weighted by molar-refractivity contribution is 4.77. The Balaban J connectivity index is 3.62. The van der Waals surface area contributed by atoms with Crippen molar-refractivity contribution in [3.8, 4) is 0 Å². The highest BCUT2D eigenvalue weighted by atomic mass is 16.3. The summed E-state index contributed by atoms with van der Waals surface area (Å²) in [5.41, 5.74) is 0.0671. The van der Waals surface area contributed by atoms with Gasteiger partial charge in [-0.05, 0) is 44.1 Å². The normalized spacial score (nSPS) is 15.8. The quantitative estimate of drug-likeness (QED) is 0.469. The second kappa shape index (κ2) is 7.86. The van der Waals surface area contributed by atoms with Gasteiger partial charge in [0, 0.05) is 12.6 Å². The van der Waals surface area contributed by atoms with E-state index in [0.29, 0.717) is 12.0 Å². The van der Waals surface area contributed by atoms with Crippen LogP contribution in [0.3, 0.4) is 0 Å². The van der Waals surface area contributed by atoms with Crippen LogP contribution >= 0.6 is 0 Å². The first-order chi connectivity index (χ1) is 7.43. The third kappa shape index (κ3) is 7.02. The molecule has 0 radical (unpaired) electrons. The average Bonchev–Trinajstić information content (AvgIpc) is 2.24. The third-order valence-corrected chi connectivity index (χ3v) is 3.32. The largest absolute Gasteiger partial charge is 0.396 e. The molecule has 0 aromatic rings. The summed E-state index contributed by atoms with van der Waals surface area (Å²) >= 11 is 0. The van der Waals surface area contributed by atoms with Crippen LogP contribution in [-0.4, -0.2) is 24.3 Å². The Labute approximate surface area is 101 Å². The molecule has 0 fully saturated rings. The van der Waals surface area contributed by atoms with Crippen molar-refractivity contribution in [1.29, 1.82) is 0 Å². The lowest BCUT2D eigenvalue weighted by molar-refractivity contribution is 0.147. The fourth-order valence-corrected chi connectivity index (χ4v) is 1.64. The molecule has 0 amide bonds. The number of hydrogen-bond acceptors (Lipinski definition) is 2. The average molecular weight is 227 g/mol. The molecule has 0 saturated carbocycles. The van der Waals surface area contributed by atoms with Crippen LogP contribution in [0.1, 0.15) is 47.0 Å². The molecular weight excluding hydrogens is 198 g/mol. The predicted octanol–water partition coefficient (Wildman–Crippen LogP) is 2.98. The second-order valence-electron chi connectivity index (χ2n) is 5.67. The topological polar surface area (TPSA) is 32.3 Å². The van der Waals surface area contributed by atoms with E-state index in [1.54, 1.807) is 0 Å². The number of rotatable bonds is 9. The van der Waals surface area contributed by atoms with Crippen molar-refractivity contribution in [2.24, 2.45) is 11.3 Å². The number of nitrogens with one attached hydrogen (secondary N) is 1. The minimum atomic E-state index is 0.0671. The lowest BCUT2D eigenvalue weighted by atomic mass is 9.89. The van der Waals surface area contributed by atoms with Gasteiger partial charge in [-0.1, -0.05) is 26.8 Å². The number of aliphatic hydroxyl groups is 1. The maximum atomic E-state index is 9.13. The zero-order valence-electron chi connectivity index (χ0n) is 11.4. The van der Waals surface area contributed by atoms with E-state index in [1.165, 1.54) is 0 Å². The first-order valence-electron chi connectivity index (χ1n) is 6.38. The van der Waals surface area contributed by atoms with E-state index in [4.69, 9.17) is 5.11 Å². The molecule has 2 N–H and O–H groups in total. The fraction of sp³-hybridized carbons (Fsp3) is 0.857. The fourth-order valence-electron chi connectivity index (χ4n) is 1.64. The molecule has 2 heteroatoms. The summed E-state index contributed by atoms with van der Waals surface area (Å²) in [7, 11) is 0. The first-order valence-corrected chi connectivity index (χ1v) is 6.38. The third-order valence-electron chi connectivity index (χ3n) is 3.32. The smallest absolute Gasteiger partial charge is 0.0482 e. The Morgan fingerprint density at radius 2 is 2.00 bits per heavy atom. The Bertz CT molecular complexity index is 189. The molecule has 0 rings (SSSR count). The Morgan fingerprint density at radius 3 is 2.50 bits per heavy atom. The Hall–Kier alpha value is -0.340. The molecule has 0 aromatic carbocycles. The highest BCUT2D eigenvalue weighted by Gasteiger charge is 2.16. The minimum absolute atomic E-state index is 0.0671. The van der Waals surface area contributed by atoms with E-state index in [9.17, 15) is 0 Å². The van der Waals surface area contributed by atoms with Gasteiger partial charge in [-0.15, -0.1) is 6.58 Å². The van der Waals surface area contributed by atoms with E-state index in [2.05, 4.69) is 39.6 Å². The molecule has 0 bridgehead atoms. The van der Waals surface area contributed by atoms with Gasteiger partial charge in [0.15, 0.2) is 0 Å². The van der Waals surface area contributed by atoms with Crippen LogP contribution in [0.25, 0.3) is 0 Å². The van der Waals surface area contributed by atoms with Crippen molar-refractivity contribution in [2.45, 2.75) is 53.0 Å². The molecule has 96 valence electrons. The molecule has 2 unspecified atom stereocenters. The van der Waals surface area contributed by atoms with Crippen molar-refractivity contribution in [3.63, 3.8) is 0 Å². The van der Waals surface area contributed by atoms with Gasteiger partial charge in [-0.3, -0.25) is 0 Å². The molecule has 0 spiro atoms. The lowest BCUT2D eigenvalue weighted by Crippen LogP contribution is -2.33. The predicted molar refractivity (Wildman–Crippen MR) is 71.5 cm³/mol. The highest BCUT2D eigenvalue weighted by Crippen LogP contribution is 2.20. The molecule has 2 nitrogen and oxygen atoms in total. The number of aliphatic hydroxyl groups excluding tert-OH is 1. The Kier molecular flexibility index (Phi) is 7.69. The first kappa shape index (κ1) is 15.7. The van der Waals surface area contributed by atoms with Gasteiger partial charge in [0.2, 0.25) is 0 Å². The number of hydrogen-bond donors (Lipinski definition) is 2. The van der Waals surface area contributed by atoms with Gasteiger partial charge in [-0.2, -0.15) is 0 Å². The van der Waals surface area contributed by atoms with Crippen LogP contribution in [0.5, 0.6) is 0 Å². The molecule has 0 aliphatic carbocycles. The molecule has 0 aliphatic rings. The monoisotopic (exact) mass is 227 g/mol. The van der Waals surface area contributed by atoms with Crippen LogP contribution in [0.4, 0.5) is 0 Å². The van der Waals surface area contributed by atoms with Crippen molar-refractivity contribution in [2.75, 3.05) is 13.2 Å². The van der Waals surface area contributed by atoms with Gasteiger partial charge in [-0.25, -0.2) is 0 Å². The van der Waals surface area contributed by atoms with Gasteiger partial charge >= 0.3 is 0 Å². The summed E-state index contributed by atoms with van der Waals surface area (Å²) in [6.07, 6.45) is 5.24. The van der Waals surface area contributed by atoms with Crippen LogP contribution in [-0.2, 0) is 0 Å². The summed E-state index contributed by atoms with van der Waals surface area (Å²) < 4.78 is 0. The van der Waals surface area contributed by atoms with Crippen molar-refractivity contribution in [3.05, 3.63) is 12.7 Å². The standard InChI is InChI=1S/C14H29NO/c1-6-8-12(2)13(3)15-10-7-9-14(4,5)11-16/h6,12-13,15-16H,1,7-11H2,2-5H3. The zero-order valence-corrected chi connectivity index (χ0v) is 11.4. The zero-order chi connectivity index (χ0) is 12.6. The van der Waals surface area contributed by atoms with Gasteiger partial charge in [0.1, 0.15) is 0 Å². The van der Waals surface area contributed by atoms with E-state index < -0.39 is 0 Å². The van der Waals surface area contributed by atoms with Gasteiger partial charge < -0.3 is 10.4 Å². The van der Waals surface area contributed by atoms with Crippen LogP contribution in [0.15, 0.2) is 12.7 Å². The van der Waals surface area contributed by atoms with Crippen LogP contribution in [0.2, 0.25) is 0 Å². The molecule has 0 aliphatic heterocycles. The maximum absolute atomic E-state index is 9.13. The number of allylic oxidation sites excluding steroid dienone is 1. The minimum Gasteiger partial charge on any atom is -0.396 e. The van der Waals surface area contributed by atoms with Gasteiger partial charge in [0.05, 0.1) is 0 Å². The van der Waals surface area contributed by atoms with E-state index in [-0.39, 0.29) is 12.0 Å². The summed E-state index contributed by atoms with van der Waals surface area (Å²) in [5, 5.41) is 12.7. The lowest BCUT2D eigenvalue weighted by Gasteiger charge is -2.23. The molecule has 2 atom stereocenters. The summed E-state index contributed by atoms with van der Waals surface area (Å²) in [4.78, 5) is 0. The molecule has 0 aromatic heterocycles. The van der Waals surface area contributed by atoms with E-state index in [0.717, 1.165) is 25.8 Å².